The zero-order valence-electron chi connectivity index (χ0n) is 10.5. The number of rotatable bonds is 2. The maximum absolute atomic E-state index is 6.02. The van der Waals surface area contributed by atoms with Gasteiger partial charge in [0.1, 0.15) is 0 Å². The average molecular weight is 298 g/mol. The molecule has 0 bridgehead atoms. The van der Waals surface area contributed by atoms with E-state index in [2.05, 4.69) is 39.8 Å². The van der Waals surface area contributed by atoms with E-state index in [-0.39, 0.29) is 0 Å². The second kappa shape index (κ2) is 5.25. The van der Waals surface area contributed by atoms with Gasteiger partial charge in [0, 0.05) is 23.8 Å². The number of anilines is 2. The van der Waals surface area contributed by atoms with E-state index < -0.39 is 0 Å². The van der Waals surface area contributed by atoms with Crippen molar-refractivity contribution < 1.29 is 0 Å². The number of halogens is 1. The molecule has 0 aliphatic heterocycles. The third-order valence-electron chi connectivity index (χ3n) is 3.73. The lowest BCUT2D eigenvalue weighted by molar-refractivity contribution is 0.340. The van der Waals surface area contributed by atoms with Gasteiger partial charge in [0.15, 0.2) is 5.82 Å². The van der Waals surface area contributed by atoms with Crippen molar-refractivity contribution in [1.29, 1.82) is 0 Å². The Hall–Kier alpha value is -0.770. The fourth-order valence-corrected chi connectivity index (χ4v) is 2.89. The number of hydrogen-bond acceptors (Lipinski definition) is 3. The summed E-state index contributed by atoms with van der Waals surface area (Å²) in [5.41, 5.74) is 6.77. The number of nitrogens with zero attached hydrogens (tertiary/aromatic N) is 2. The molecule has 94 valence electrons. The van der Waals surface area contributed by atoms with E-state index in [0.29, 0.717) is 6.04 Å². The molecule has 1 aromatic rings. The predicted molar refractivity (Wildman–Crippen MR) is 76.2 cm³/mol. The molecular weight excluding hydrogens is 278 g/mol. The number of nitrogens with two attached hydrogens (primary N) is 1. The summed E-state index contributed by atoms with van der Waals surface area (Å²) in [7, 11) is 2.10. The minimum atomic E-state index is 0.585. The van der Waals surface area contributed by atoms with Crippen LogP contribution in [0.25, 0.3) is 0 Å². The summed E-state index contributed by atoms with van der Waals surface area (Å²) < 4.78 is 0.935. The highest BCUT2D eigenvalue weighted by Crippen LogP contribution is 2.31. The van der Waals surface area contributed by atoms with Crippen LogP contribution < -0.4 is 10.6 Å². The molecule has 17 heavy (non-hydrogen) atoms. The topological polar surface area (TPSA) is 42.2 Å². The third kappa shape index (κ3) is 2.92. The lowest BCUT2D eigenvalue weighted by Gasteiger charge is -2.34. The van der Waals surface area contributed by atoms with Crippen molar-refractivity contribution in [2.45, 2.75) is 38.6 Å². The summed E-state index contributed by atoms with van der Waals surface area (Å²) in [6.45, 7) is 2.34. The average Bonchev–Trinajstić information content (AvgIpc) is 2.29. The molecule has 0 amide bonds. The van der Waals surface area contributed by atoms with Crippen molar-refractivity contribution in [3.05, 3.63) is 16.7 Å². The van der Waals surface area contributed by atoms with Gasteiger partial charge in [-0.25, -0.2) is 4.98 Å². The van der Waals surface area contributed by atoms with E-state index in [1.165, 1.54) is 25.7 Å². The van der Waals surface area contributed by atoms with Crippen LogP contribution in [0.5, 0.6) is 0 Å². The van der Waals surface area contributed by atoms with Gasteiger partial charge in [0.25, 0.3) is 0 Å². The highest BCUT2D eigenvalue weighted by atomic mass is 79.9. The largest absolute Gasteiger partial charge is 0.396 e. The van der Waals surface area contributed by atoms with Crippen LogP contribution in [0.4, 0.5) is 11.5 Å². The molecule has 1 heterocycles. The van der Waals surface area contributed by atoms with Crippen molar-refractivity contribution in [2.75, 3.05) is 17.7 Å². The van der Waals surface area contributed by atoms with Crippen LogP contribution >= 0.6 is 15.9 Å². The Balaban J connectivity index is 2.11. The monoisotopic (exact) mass is 297 g/mol. The Kier molecular flexibility index (Phi) is 3.92. The fraction of sp³-hybridized carbons (Fsp3) is 0.615. The standard InChI is InChI=1S/C13H20BrN3/c1-9-3-5-11(6-4-9)17(2)13-12(15)7-10(14)8-16-13/h7-9,11H,3-6,15H2,1-2H3. The van der Waals surface area contributed by atoms with Gasteiger partial charge in [-0.2, -0.15) is 0 Å². The van der Waals surface area contributed by atoms with Crippen LogP contribution in [-0.2, 0) is 0 Å². The molecular formula is C13H20BrN3. The minimum absolute atomic E-state index is 0.585. The second-order valence-electron chi connectivity index (χ2n) is 5.09. The van der Waals surface area contributed by atoms with Gasteiger partial charge in [-0.15, -0.1) is 0 Å². The first-order chi connectivity index (χ1) is 8.08. The van der Waals surface area contributed by atoms with Gasteiger partial charge in [-0.05, 0) is 53.6 Å². The molecule has 0 aromatic carbocycles. The molecule has 1 fully saturated rings. The molecule has 1 aliphatic rings. The summed E-state index contributed by atoms with van der Waals surface area (Å²) >= 11 is 3.39. The number of hydrogen-bond donors (Lipinski definition) is 1. The second-order valence-corrected chi connectivity index (χ2v) is 6.01. The van der Waals surface area contributed by atoms with Crippen LogP contribution in [0.15, 0.2) is 16.7 Å². The predicted octanol–water partition coefficient (Wildman–Crippen LogP) is 3.44. The van der Waals surface area contributed by atoms with Crippen molar-refractivity contribution in [1.82, 2.24) is 4.98 Å². The molecule has 0 spiro atoms. The van der Waals surface area contributed by atoms with Gasteiger partial charge in [0.2, 0.25) is 0 Å². The highest BCUT2D eigenvalue weighted by molar-refractivity contribution is 9.10. The SMILES string of the molecule is CC1CCC(N(C)c2ncc(Br)cc2N)CC1. The van der Waals surface area contributed by atoms with Crippen molar-refractivity contribution >= 4 is 27.4 Å². The van der Waals surface area contributed by atoms with Crippen LogP contribution in [0, 0.1) is 5.92 Å². The third-order valence-corrected chi connectivity index (χ3v) is 4.16. The lowest BCUT2D eigenvalue weighted by atomic mass is 9.87. The van der Waals surface area contributed by atoms with Crippen LogP contribution in [0.1, 0.15) is 32.6 Å². The summed E-state index contributed by atoms with van der Waals surface area (Å²) in [6, 6.07) is 2.51. The molecule has 1 saturated carbocycles. The fourth-order valence-electron chi connectivity index (χ4n) is 2.55. The number of aromatic nitrogens is 1. The van der Waals surface area contributed by atoms with Gasteiger partial charge < -0.3 is 10.6 Å². The molecule has 1 aromatic heterocycles. The molecule has 0 saturated heterocycles. The minimum Gasteiger partial charge on any atom is -0.396 e. The van der Waals surface area contributed by atoms with E-state index in [0.717, 1.165) is 21.9 Å². The molecule has 0 unspecified atom stereocenters. The normalized spacial score (nSPS) is 24.6. The smallest absolute Gasteiger partial charge is 0.151 e. The van der Waals surface area contributed by atoms with E-state index in [9.17, 15) is 0 Å². The number of nitrogen functional groups attached to an aromatic ring is 1. The first kappa shape index (κ1) is 12.7. The molecule has 3 nitrogen and oxygen atoms in total. The summed E-state index contributed by atoms with van der Waals surface area (Å²) in [6.07, 6.45) is 6.92. The van der Waals surface area contributed by atoms with Gasteiger partial charge >= 0.3 is 0 Å². The molecule has 1 aliphatic carbocycles. The van der Waals surface area contributed by atoms with Crippen LogP contribution in [0.2, 0.25) is 0 Å². The van der Waals surface area contributed by atoms with E-state index in [1.807, 2.05) is 12.3 Å². The summed E-state index contributed by atoms with van der Waals surface area (Å²) in [4.78, 5) is 6.67. The van der Waals surface area contributed by atoms with Crippen molar-refractivity contribution in [3.8, 4) is 0 Å². The Morgan fingerprint density at radius 3 is 2.59 bits per heavy atom. The highest BCUT2D eigenvalue weighted by Gasteiger charge is 2.23. The van der Waals surface area contributed by atoms with Crippen LogP contribution in [-0.4, -0.2) is 18.1 Å². The quantitative estimate of drug-likeness (QED) is 0.909. The van der Waals surface area contributed by atoms with Crippen molar-refractivity contribution in [2.24, 2.45) is 5.92 Å². The van der Waals surface area contributed by atoms with Crippen molar-refractivity contribution in [3.63, 3.8) is 0 Å². The molecule has 0 atom stereocenters. The van der Waals surface area contributed by atoms with E-state index in [4.69, 9.17) is 5.73 Å². The molecule has 2 N–H and O–H groups in total. The summed E-state index contributed by atoms with van der Waals surface area (Å²) in [5, 5.41) is 0. The van der Waals surface area contributed by atoms with Gasteiger partial charge in [-0.3, -0.25) is 0 Å². The Bertz CT molecular complexity index is 386. The Morgan fingerprint density at radius 2 is 2.00 bits per heavy atom. The van der Waals surface area contributed by atoms with Gasteiger partial charge in [0.05, 0.1) is 5.69 Å². The first-order valence-electron chi connectivity index (χ1n) is 6.21. The summed E-state index contributed by atoms with van der Waals surface area (Å²) in [5.74, 6) is 1.78. The first-order valence-corrected chi connectivity index (χ1v) is 7.01. The maximum atomic E-state index is 6.02. The van der Waals surface area contributed by atoms with E-state index >= 15 is 0 Å². The maximum Gasteiger partial charge on any atom is 0.151 e. The Morgan fingerprint density at radius 1 is 1.35 bits per heavy atom. The van der Waals surface area contributed by atoms with E-state index in [1.54, 1.807) is 0 Å². The Labute approximate surface area is 112 Å². The van der Waals surface area contributed by atoms with Gasteiger partial charge in [-0.1, -0.05) is 6.92 Å². The zero-order chi connectivity index (χ0) is 12.4. The van der Waals surface area contributed by atoms with Crippen LogP contribution in [0.3, 0.4) is 0 Å². The molecule has 2 rings (SSSR count). The zero-order valence-corrected chi connectivity index (χ0v) is 12.1. The lowest BCUT2D eigenvalue weighted by Crippen LogP contribution is -2.35. The molecule has 0 radical (unpaired) electrons. The molecule has 4 heteroatoms. The number of pyridine rings is 1.